The molecule has 0 unspecified atom stereocenters. The van der Waals surface area contributed by atoms with E-state index in [-0.39, 0.29) is 12.5 Å². The highest BCUT2D eigenvalue weighted by atomic mass is 32.2. The SMILES string of the molecule is CCCCC(=O)NCCN(c1cccc(C)c1)S(C)(=O)=O. The van der Waals surface area contributed by atoms with E-state index in [1.807, 2.05) is 32.0 Å². The summed E-state index contributed by atoms with van der Waals surface area (Å²) in [4.78, 5) is 11.5. The standard InChI is InChI=1S/C15H24N2O3S/c1-4-5-9-15(18)16-10-11-17(21(3,19)20)14-8-6-7-13(2)12-14/h6-8,12H,4-5,9-11H2,1-3H3,(H,16,18). The molecule has 1 rings (SSSR count). The average molecular weight is 312 g/mol. The summed E-state index contributed by atoms with van der Waals surface area (Å²) >= 11 is 0. The zero-order valence-electron chi connectivity index (χ0n) is 12.9. The Kier molecular flexibility index (Phi) is 6.68. The maximum atomic E-state index is 11.9. The van der Waals surface area contributed by atoms with Crippen LogP contribution in [0, 0.1) is 6.92 Å². The van der Waals surface area contributed by atoms with Crippen molar-refractivity contribution < 1.29 is 13.2 Å². The van der Waals surface area contributed by atoms with E-state index in [1.165, 1.54) is 10.6 Å². The monoisotopic (exact) mass is 312 g/mol. The summed E-state index contributed by atoms with van der Waals surface area (Å²) in [7, 11) is -3.37. The molecule has 0 aliphatic rings. The van der Waals surface area contributed by atoms with Gasteiger partial charge in [-0.15, -0.1) is 0 Å². The molecule has 1 aromatic carbocycles. The molecule has 1 aromatic rings. The number of sulfonamides is 1. The van der Waals surface area contributed by atoms with Gasteiger partial charge in [0.15, 0.2) is 0 Å². The average Bonchev–Trinajstić information content (AvgIpc) is 2.39. The number of anilines is 1. The number of hydrogen-bond acceptors (Lipinski definition) is 3. The number of rotatable bonds is 8. The van der Waals surface area contributed by atoms with Crippen molar-refractivity contribution in [1.82, 2.24) is 5.32 Å². The van der Waals surface area contributed by atoms with Crippen molar-refractivity contribution >= 4 is 21.6 Å². The lowest BCUT2D eigenvalue weighted by Gasteiger charge is -2.23. The number of benzene rings is 1. The van der Waals surface area contributed by atoms with Gasteiger partial charge in [0.2, 0.25) is 15.9 Å². The van der Waals surface area contributed by atoms with E-state index in [4.69, 9.17) is 0 Å². The number of carbonyl (C=O) groups is 1. The second-order valence-corrected chi connectivity index (χ2v) is 7.03. The largest absolute Gasteiger partial charge is 0.354 e. The fraction of sp³-hybridized carbons (Fsp3) is 0.533. The fourth-order valence-corrected chi connectivity index (χ4v) is 2.91. The second-order valence-electron chi connectivity index (χ2n) is 5.13. The summed E-state index contributed by atoms with van der Waals surface area (Å²) in [6.45, 7) is 4.48. The molecule has 0 aromatic heterocycles. The molecule has 6 heteroatoms. The number of amides is 1. The van der Waals surface area contributed by atoms with Gasteiger partial charge in [0.25, 0.3) is 0 Å². The zero-order chi connectivity index (χ0) is 15.9. The Morgan fingerprint density at radius 1 is 1.33 bits per heavy atom. The molecule has 0 saturated heterocycles. The first-order chi connectivity index (χ1) is 9.84. The van der Waals surface area contributed by atoms with Gasteiger partial charge in [-0.2, -0.15) is 0 Å². The number of nitrogens with zero attached hydrogens (tertiary/aromatic N) is 1. The van der Waals surface area contributed by atoms with Crippen LogP contribution in [-0.4, -0.2) is 33.7 Å². The van der Waals surface area contributed by atoms with Crippen LogP contribution in [0.15, 0.2) is 24.3 Å². The summed E-state index contributed by atoms with van der Waals surface area (Å²) in [5.41, 5.74) is 1.62. The van der Waals surface area contributed by atoms with Gasteiger partial charge >= 0.3 is 0 Å². The summed E-state index contributed by atoms with van der Waals surface area (Å²) in [6, 6.07) is 7.31. The normalized spacial score (nSPS) is 11.2. The Bertz CT molecular complexity index is 570. The molecule has 118 valence electrons. The summed E-state index contributed by atoms with van der Waals surface area (Å²) < 4.78 is 25.1. The van der Waals surface area contributed by atoms with E-state index >= 15 is 0 Å². The number of carbonyl (C=O) groups excluding carboxylic acids is 1. The first kappa shape index (κ1) is 17.5. The minimum atomic E-state index is -3.37. The topological polar surface area (TPSA) is 66.5 Å². The van der Waals surface area contributed by atoms with Crippen LogP contribution in [0.3, 0.4) is 0 Å². The number of hydrogen-bond donors (Lipinski definition) is 1. The van der Waals surface area contributed by atoms with Crippen molar-refractivity contribution in [2.24, 2.45) is 0 Å². The highest BCUT2D eigenvalue weighted by molar-refractivity contribution is 7.92. The lowest BCUT2D eigenvalue weighted by Crippen LogP contribution is -2.38. The van der Waals surface area contributed by atoms with E-state index in [1.54, 1.807) is 6.07 Å². The lowest BCUT2D eigenvalue weighted by molar-refractivity contribution is -0.121. The lowest BCUT2D eigenvalue weighted by atomic mass is 10.2. The van der Waals surface area contributed by atoms with E-state index in [9.17, 15) is 13.2 Å². The Labute approximate surface area is 127 Å². The third kappa shape index (κ3) is 6.16. The van der Waals surface area contributed by atoms with Gasteiger partial charge in [0.1, 0.15) is 0 Å². The molecule has 0 atom stereocenters. The Hall–Kier alpha value is -1.56. The van der Waals surface area contributed by atoms with Gasteiger partial charge < -0.3 is 5.32 Å². The molecular formula is C15H24N2O3S. The molecule has 0 fully saturated rings. The molecule has 0 saturated carbocycles. The molecule has 1 amide bonds. The van der Waals surface area contributed by atoms with Crippen LogP contribution in [-0.2, 0) is 14.8 Å². The minimum Gasteiger partial charge on any atom is -0.354 e. The first-order valence-corrected chi connectivity index (χ1v) is 9.00. The molecule has 0 aliphatic carbocycles. The predicted molar refractivity (Wildman–Crippen MR) is 85.9 cm³/mol. The third-order valence-corrected chi connectivity index (χ3v) is 4.28. The summed E-state index contributed by atoms with van der Waals surface area (Å²) in [5.74, 6) is -0.0328. The Morgan fingerprint density at radius 3 is 2.62 bits per heavy atom. The van der Waals surface area contributed by atoms with E-state index < -0.39 is 10.0 Å². The summed E-state index contributed by atoms with van der Waals surface area (Å²) in [5, 5.41) is 2.76. The fourth-order valence-electron chi connectivity index (χ4n) is 1.99. The van der Waals surface area contributed by atoms with Gasteiger partial charge in [-0.1, -0.05) is 25.5 Å². The minimum absolute atomic E-state index is 0.0328. The predicted octanol–water partition coefficient (Wildman–Crippen LogP) is 2.07. The van der Waals surface area contributed by atoms with Gasteiger partial charge in [0, 0.05) is 13.0 Å². The Morgan fingerprint density at radius 2 is 2.05 bits per heavy atom. The van der Waals surface area contributed by atoms with Crippen LogP contribution >= 0.6 is 0 Å². The molecule has 0 heterocycles. The van der Waals surface area contributed by atoms with Gasteiger partial charge in [-0.05, 0) is 31.0 Å². The number of nitrogens with one attached hydrogen (secondary N) is 1. The Balaban J connectivity index is 2.67. The van der Waals surface area contributed by atoms with Crippen molar-refractivity contribution in [2.45, 2.75) is 33.1 Å². The van der Waals surface area contributed by atoms with Crippen molar-refractivity contribution in [1.29, 1.82) is 0 Å². The second kappa shape index (κ2) is 8.02. The van der Waals surface area contributed by atoms with Crippen LogP contribution in [0.2, 0.25) is 0 Å². The van der Waals surface area contributed by atoms with Crippen LogP contribution < -0.4 is 9.62 Å². The molecule has 0 radical (unpaired) electrons. The van der Waals surface area contributed by atoms with Crippen molar-refractivity contribution in [3.8, 4) is 0 Å². The molecule has 0 aliphatic heterocycles. The van der Waals surface area contributed by atoms with Crippen LogP contribution in [0.1, 0.15) is 31.7 Å². The van der Waals surface area contributed by atoms with Crippen molar-refractivity contribution in [3.05, 3.63) is 29.8 Å². The summed E-state index contributed by atoms with van der Waals surface area (Å²) in [6.07, 6.45) is 3.47. The van der Waals surface area contributed by atoms with E-state index in [0.29, 0.717) is 18.7 Å². The van der Waals surface area contributed by atoms with Crippen LogP contribution in [0.25, 0.3) is 0 Å². The molecular weight excluding hydrogens is 288 g/mol. The van der Waals surface area contributed by atoms with Crippen molar-refractivity contribution in [2.75, 3.05) is 23.7 Å². The van der Waals surface area contributed by atoms with Gasteiger partial charge in [0.05, 0.1) is 18.5 Å². The highest BCUT2D eigenvalue weighted by Gasteiger charge is 2.17. The van der Waals surface area contributed by atoms with Crippen LogP contribution in [0.4, 0.5) is 5.69 Å². The van der Waals surface area contributed by atoms with Gasteiger partial charge in [-0.3, -0.25) is 9.10 Å². The smallest absolute Gasteiger partial charge is 0.232 e. The first-order valence-electron chi connectivity index (χ1n) is 7.15. The molecule has 0 bridgehead atoms. The van der Waals surface area contributed by atoms with Gasteiger partial charge in [-0.25, -0.2) is 8.42 Å². The molecule has 21 heavy (non-hydrogen) atoms. The number of unbranched alkanes of at least 4 members (excludes halogenated alkanes) is 1. The van der Waals surface area contributed by atoms with E-state index in [2.05, 4.69) is 5.32 Å². The maximum absolute atomic E-state index is 11.9. The maximum Gasteiger partial charge on any atom is 0.232 e. The molecule has 1 N–H and O–H groups in total. The molecule has 0 spiro atoms. The quantitative estimate of drug-likeness (QED) is 0.799. The third-order valence-electron chi connectivity index (χ3n) is 3.08. The van der Waals surface area contributed by atoms with E-state index in [0.717, 1.165) is 18.4 Å². The highest BCUT2D eigenvalue weighted by Crippen LogP contribution is 2.18. The number of aryl methyl sites for hydroxylation is 1. The molecule has 5 nitrogen and oxygen atoms in total. The van der Waals surface area contributed by atoms with Crippen LogP contribution in [0.5, 0.6) is 0 Å². The zero-order valence-corrected chi connectivity index (χ0v) is 13.7. The van der Waals surface area contributed by atoms with Crippen molar-refractivity contribution in [3.63, 3.8) is 0 Å².